The van der Waals surface area contributed by atoms with E-state index < -0.39 is 29.9 Å². The van der Waals surface area contributed by atoms with Crippen LogP contribution >= 0.6 is 0 Å². The zero-order valence-electron chi connectivity index (χ0n) is 11.5. The maximum absolute atomic E-state index is 13.1. The third-order valence-corrected chi connectivity index (χ3v) is 2.96. The van der Waals surface area contributed by atoms with Crippen LogP contribution in [0, 0.1) is 0 Å². The van der Waals surface area contributed by atoms with Crippen molar-refractivity contribution < 1.29 is 31.1 Å². The van der Waals surface area contributed by atoms with Gasteiger partial charge in [0.2, 0.25) is 0 Å². The highest BCUT2D eigenvalue weighted by Gasteiger charge is 2.74. The molecule has 0 atom stereocenters. The van der Waals surface area contributed by atoms with E-state index in [1.54, 1.807) is 0 Å². The van der Waals surface area contributed by atoms with Crippen LogP contribution in [0.5, 0.6) is 0 Å². The normalized spacial score (nSPS) is 20.9. The van der Waals surface area contributed by atoms with E-state index in [2.05, 4.69) is 9.98 Å². The monoisotopic (exact) mass is 327 g/mol. The summed E-state index contributed by atoms with van der Waals surface area (Å²) in [5.41, 5.74) is -4.44. The van der Waals surface area contributed by atoms with E-state index in [0.717, 1.165) is 4.90 Å². The first-order chi connectivity index (χ1) is 10.0. The molecule has 4 nitrogen and oxygen atoms in total. The second-order valence-electron chi connectivity index (χ2n) is 4.49. The Morgan fingerprint density at radius 3 is 2.23 bits per heavy atom. The van der Waals surface area contributed by atoms with Crippen molar-refractivity contribution >= 4 is 11.9 Å². The van der Waals surface area contributed by atoms with E-state index in [4.69, 9.17) is 4.74 Å². The Morgan fingerprint density at radius 2 is 1.73 bits per heavy atom. The lowest BCUT2D eigenvalue weighted by Crippen LogP contribution is -2.59. The van der Waals surface area contributed by atoms with Crippen LogP contribution < -0.4 is 0 Å². The predicted octanol–water partition coefficient (Wildman–Crippen LogP) is 3.39. The number of halogens is 6. The summed E-state index contributed by atoms with van der Waals surface area (Å²) < 4.78 is 83.7. The van der Waals surface area contributed by atoms with Gasteiger partial charge in [-0.25, -0.2) is 4.99 Å². The number of alkyl halides is 6. The number of aliphatic imine (C=N–C) groups is 2. The van der Waals surface area contributed by atoms with Gasteiger partial charge in [0.15, 0.2) is 0 Å². The number of allylic oxidation sites excluding steroid dienone is 2. The van der Waals surface area contributed by atoms with E-state index in [9.17, 15) is 26.3 Å². The van der Waals surface area contributed by atoms with E-state index in [1.165, 1.54) is 32.2 Å². The van der Waals surface area contributed by atoms with Crippen LogP contribution in [0.4, 0.5) is 26.3 Å². The molecule has 2 aliphatic heterocycles. The van der Waals surface area contributed by atoms with Gasteiger partial charge >= 0.3 is 18.0 Å². The van der Waals surface area contributed by atoms with E-state index in [-0.39, 0.29) is 12.2 Å². The molecule has 0 unspecified atom stereocenters. The number of nitrogens with zero attached hydrogens (tertiary/aromatic N) is 3. The highest BCUT2D eigenvalue weighted by molar-refractivity contribution is 6.10. The number of ether oxygens (including phenoxy) is 1. The van der Waals surface area contributed by atoms with Gasteiger partial charge in [-0.1, -0.05) is 6.08 Å². The molecule has 0 bridgehead atoms. The SMILES string of the molecule is CCOC1=NC(C(F)(F)F)(C(F)(F)F)N=C2C(C)=CC=CN12. The second kappa shape index (κ2) is 5.03. The number of hydrogen-bond acceptors (Lipinski definition) is 4. The molecule has 0 fully saturated rings. The van der Waals surface area contributed by atoms with Crippen LogP contribution in [0.1, 0.15) is 13.8 Å². The molecule has 0 saturated carbocycles. The van der Waals surface area contributed by atoms with Gasteiger partial charge < -0.3 is 4.74 Å². The Labute approximate surface area is 121 Å². The summed E-state index contributed by atoms with van der Waals surface area (Å²) in [6.45, 7) is 2.62. The molecule has 0 aromatic rings. The molecule has 10 heteroatoms. The summed E-state index contributed by atoms with van der Waals surface area (Å²) >= 11 is 0. The average molecular weight is 327 g/mol. The van der Waals surface area contributed by atoms with Gasteiger partial charge in [-0.2, -0.15) is 31.3 Å². The maximum atomic E-state index is 13.1. The van der Waals surface area contributed by atoms with E-state index in [0.29, 0.717) is 0 Å². The number of rotatable bonds is 1. The molecule has 0 aromatic heterocycles. The summed E-state index contributed by atoms with van der Waals surface area (Å²) in [6.07, 6.45) is -7.49. The van der Waals surface area contributed by atoms with Crippen molar-refractivity contribution in [3.8, 4) is 0 Å². The van der Waals surface area contributed by atoms with Gasteiger partial charge in [-0.05, 0) is 25.5 Å². The number of amidine groups is 2. The molecular weight excluding hydrogens is 316 g/mol. The van der Waals surface area contributed by atoms with Gasteiger partial charge in [-0.3, -0.25) is 4.90 Å². The fourth-order valence-corrected chi connectivity index (χ4v) is 1.92. The van der Waals surface area contributed by atoms with Crippen LogP contribution in [0.25, 0.3) is 0 Å². The summed E-state index contributed by atoms with van der Waals surface area (Å²) in [5, 5.41) is 0. The Balaban J connectivity index is 2.71. The molecule has 122 valence electrons. The molecule has 2 heterocycles. The first-order valence-electron chi connectivity index (χ1n) is 6.14. The van der Waals surface area contributed by atoms with Crippen molar-refractivity contribution in [2.75, 3.05) is 6.61 Å². The minimum atomic E-state index is -5.76. The predicted molar refractivity (Wildman–Crippen MR) is 66.1 cm³/mol. The molecule has 0 aromatic carbocycles. The third-order valence-electron chi connectivity index (χ3n) is 2.96. The fourth-order valence-electron chi connectivity index (χ4n) is 1.92. The Kier molecular flexibility index (Phi) is 3.74. The second-order valence-corrected chi connectivity index (χ2v) is 4.49. The maximum Gasteiger partial charge on any atom is 0.443 e. The lowest BCUT2D eigenvalue weighted by molar-refractivity contribution is -0.293. The first kappa shape index (κ1) is 16.4. The molecule has 0 saturated heterocycles. The molecular formula is C12H11F6N3O. The Morgan fingerprint density at radius 1 is 1.14 bits per heavy atom. The Bertz CT molecular complexity index is 571. The van der Waals surface area contributed by atoms with Crippen molar-refractivity contribution in [3.05, 3.63) is 23.9 Å². The molecule has 0 amide bonds. The van der Waals surface area contributed by atoms with E-state index >= 15 is 0 Å². The molecule has 2 rings (SSSR count). The fraction of sp³-hybridized carbons (Fsp3) is 0.500. The minimum Gasteiger partial charge on any atom is -0.465 e. The third kappa shape index (κ3) is 2.35. The van der Waals surface area contributed by atoms with Crippen LogP contribution in [0.2, 0.25) is 0 Å². The smallest absolute Gasteiger partial charge is 0.443 e. The summed E-state index contributed by atoms with van der Waals surface area (Å²) in [5.74, 6) is -0.504. The first-order valence-corrected chi connectivity index (χ1v) is 6.14. The van der Waals surface area contributed by atoms with Gasteiger partial charge in [0.05, 0.1) is 6.61 Å². The molecule has 0 N–H and O–H groups in total. The zero-order valence-corrected chi connectivity index (χ0v) is 11.5. The largest absolute Gasteiger partial charge is 0.465 e. The molecule has 0 radical (unpaired) electrons. The number of hydrogen-bond donors (Lipinski definition) is 0. The van der Waals surface area contributed by atoms with Crippen molar-refractivity contribution in [1.29, 1.82) is 0 Å². The van der Waals surface area contributed by atoms with Crippen molar-refractivity contribution in [2.24, 2.45) is 9.98 Å². The zero-order chi connectivity index (χ0) is 16.8. The standard InChI is InChI=1S/C12H11F6N3O/c1-3-22-9-20-10(11(13,14)15,12(16,17)18)19-8-7(2)5-4-6-21(8)9/h4-6H,3H2,1-2H3. The summed E-state index contributed by atoms with van der Waals surface area (Å²) in [6, 6.07) is -0.800. The van der Waals surface area contributed by atoms with Crippen LogP contribution in [0.15, 0.2) is 33.9 Å². The van der Waals surface area contributed by atoms with Crippen LogP contribution in [0.3, 0.4) is 0 Å². The minimum absolute atomic E-state index is 0.132. The van der Waals surface area contributed by atoms with E-state index in [1.807, 2.05) is 0 Å². The average Bonchev–Trinajstić information content (AvgIpc) is 2.37. The van der Waals surface area contributed by atoms with Crippen molar-refractivity contribution in [3.63, 3.8) is 0 Å². The van der Waals surface area contributed by atoms with Gasteiger partial charge in [0, 0.05) is 6.20 Å². The molecule has 0 aliphatic carbocycles. The van der Waals surface area contributed by atoms with Crippen molar-refractivity contribution in [2.45, 2.75) is 31.9 Å². The lowest BCUT2D eigenvalue weighted by Gasteiger charge is -2.38. The van der Waals surface area contributed by atoms with Gasteiger partial charge in [0.1, 0.15) is 5.84 Å². The highest BCUT2D eigenvalue weighted by Crippen LogP contribution is 2.49. The van der Waals surface area contributed by atoms with Gasteiger partial charge in [0.25, 0.3) is 6.02 Å². The molecule has 0 spiro atoms. The topological polar surface area (TPSA) is 37.2 Å². The quantitative estimate of drug-likeness (QED) is 0.692. The van der Waals surface area contributed by atoms with Crippen molar-refractivity contribution in [1.82, 2.24) is 4.90 Å². The number of fused-ring (bicyclic) bond motifs is 1. The van der Waals surface area contributed by atoms with Crippen LogP contribution in [-0.2, 0) is 4.74 Å². The van der Waals surface area contributed by atoms with Gasteiger partial charge in [-0.15, -0.1) is 0 Å². The summed E-state index contributed by atoms with van der Waals surface area (Å²) in [7, 11) is 0. The lowest BCUT2D eigenvalue weighted by atomic mass is 10.1. The van der Waals surface area contributed by atoms with Crippen LogP contribution in [-0.4, -0.2) is 41.4 Å². The Hall–Kier alpha value is -2.00. The highest BCUT2D eigenvalue weighted by atomic mass is 19.4. The summed E-state index contributed by atoms with van der Waals surface area (Å²) in [4.78, 5) is 6.62. The molecule has 2 aliphatic rings. The molecule has 22 heavy (non-hydrogen) atoms.